The summed E-state index contributed by atoms with van der Waals surface area (Å²) >= 11 is 1.17. The number of nitrogens with zero attached hydrogens (tertiary/aromatic N) is 1. The number of carbonyl (C=O) groups excluding carboxylic acids is 1. The molecule has 0 aliphatic heterocycles. The second-order valence-corrected chi connectivity index (χ2v) is 4.95. The number of esters is 1. The number of nitrogens with one attached hydrogen (secondary N) is 1. The van der Waals surface area contributed by atoms with Crippen LogP contribution in [-0.2, 0) is 4.74 Å². The van der Waals surface area contributed by atoms with Gasteiger partial charge in [-0.15, -0.1) is 11.3 Å². The third kappa shape index (κ3) is 2.88. The molecular formula is C11H15N3O2S. The number of nitrogen functional groups attached to an aromatic ring is 1. The second-order valence-electron chi connectivity index (χ2n) is 3.93. The summed E-state index contributed by atoms with van der Waals surface area (Å²) in [5.41, 5.74) is 6.19. The normalized spacial score (nSPS) is 10.1. The molecule has 92 valence electrons. The van der Waals surface area contributed by atoms with Gasteiger partial charge in [-0.25, -0.2) is 4.79 Å². The molecule has 0 atom stereocenters. The third-order valence-electron chi connectivity index (χ3n) is 2.11. The minimum atomic E-state index is -0.522. The number of methoxy groups -OCH3 is 1. The Hall–Kier alpha value is -1.74. The molecule has 0 amide bonds. The summed E-state index contributed by atoms with van der Waals surface area (Å²) in [5.74, 6) is -0.0964. The zero-order valence-corrected chi connectivity index (χ0v) is 10.9. The van der Waals surface area contributed by atoms with E-state index >= 15 is 0 Å². The van der Waals surface area contributed by atoms with E-state index in [1.165, 1.54) is 18.4 Å². The van der Waals surface area contributed by atoms with Crippen LogP contribution in [-0.4, -0.2) is 19.6 Å². The molecule has 0 unspecified atom stereocenters. The van der Waals surface area contributed by atoms with Gasteiger partial charge < -0.3 is 15.8 Å². The van der Waals surface area contributed by atoms with Gasteiger partial charge >= 0.3 is 5.97 Å². The molecule has 0 radical (unpaired) electrons. The van der Waals surface area contributed by atoms with Crippen LogP contribution >= 0.6 is 11.3 Å². The van der Waals surface area contributed by atoms with Crippen molar-refractivity contribution in [3.63, 3.8) is 0 Å². The lowest BCUT2D eigenvalue weighted by molar-refractivity contribution is 0.0603. The highest BCUT2D eigenvalue weighted by Crippen LogP contribution is 2.35. The van der Waals surface area contributed by atoms with Crippen molar-refractivity contribution >= 4 is 28.0 Å². The monoisotopic (exact) mass is 253 g/mol. The van der Waals surface area contributed by atoms with E-state index in [9.17, 15) is 4.79 Å². The summed E-state index contributed by atoms with van der Waals surface area (Å²) in [6.07, 6.45) is 0. The van der Waals surface area contributed by atoms with Crippen LogP contribution in [0.2, 0.25) is 0 Å². The molecule has 0 saturated heterocycles. The SMILES string of the molecule is COC(=O)c1c(NCC(C)C)sc(C#N)c1N. The highest BCUT2D eigenvalue weighted by molar-refractivity contribution is 7.17. The summed E-state index contributed by atoms with van der Waals surface area (Å²) in [6, 6.07) is 1.97. The average molecular weight is 253 g/mol. The maximum absolute atomic E-state index is 11.6. The number of nitriles is 1. The average Bonchev–Trinajstić information content (AvgIpc) is 2.62. The van der Waals surface area contributed by atoms with Crippen LogP contribution in [0.15, 0.2) is 0 Å². The Morgan fingerprint density at radius 1 is 1.65 bits per heavy atom. The summed E-state index contributed by atoms with van der Waals surface area (Å²) in [5, 5.41) is 12.6. The lowest BCUT2D eigenvalue weighted by Crippen LogP contribution is -2.11. The van der Waals surface area contributed by atoms with Crippen molar-refractivity contribution in [2.45, 2.75) is 13.8 Å². The zero-order valence-electron chi connectivity index (χ0n) is 10.0. The highest BCUT2D eigenvalue weighted by atomic mass is 32.1. The molecule has 6 heteroatoms. The molecule has 5 nitrogen and oxygen atoms in total. The third-order valence-corrected chi connectivity index (χ3v) is 3.17. The Morgan fingerprint density at radius 3 is 2.76 bits per heavy atom. The molecule has 0 aromatic carbocycles. The van der Waals surface area contributed by atoms with Crippen molar-refractivity contribution in [2.75, 3.05) is 24.7 Å². The van der Waals surface area contributed by atoms with Crippen LogP contribution in [0.3, 0.4) is 0 Å². The predicted octanol–water partition coefficient (Wildman–Crippen LogP) is 2.06. The fourth-order valence-electron chi connectivity index (χ4n) is 1.25. The lowest BCUT2D eigenvalue weighted by atomic mass is 10.2. The summed E-state index contributed by atoms with van der Waals surface area (Å²) in [6.45, 7) is 4.80. The molecule has 1 heterocycles. The van der Waals surface area contributed by atoms with Crippen molar-refractivity contribution in [3.05, 3.63) is 10.4 Å². The Kier molecular flexibility index (Phi) is 4.35. The van der Waals surface area contributed by atoms with Crippen molar-refractivity contribution in [1.29, 1.82) is 5.26 Å². The van der Waals surface area contributed by atoms with E-state index in [1.807, 2.05) is 19.9 Å². The minimum Gasteiger partial charge on any atom is -0.465 e. The number of thiophene rings is 1. The first-order valence-electron chi connectivity index (χ1n) is 5.15. The number of nitrogens with two attached hydrogens (primary N) is 1. The fraction of sp³-hybridized carbons (Fsp3) is 0.455. The van der Waals surface area contributed by atoms with E-state index in [4.69, 9.17) is 11.0 Å². The molecule has 1 aromatic heterocycles. The number of hydrogen-bond acceptors (Lipinski definition) is 6. The Balaban J connectivity index is 3.11. The molecule has 0 aliphatic rings. The molecule has 1 rings (SSSR count). The van der Waals surface area contributed by atoms with Gasteiger partial charge in [0.15, 0.2) is 0 Å². The van der Waals surface area contributed by atoms with E-state index in [0.29, 0.717) is 22.3 Å². The Morgan fingerprint density at radius 2 is 2.29 bits per heavy atom. The highest BCUT2D eigenvalue weighted by Gasteiger charge is 2.22. The van der Waals surface area contributed by atoms with E-state index in [2.05, 4.69) is 10.1 Å². The van der Waals surface area contributed by atoms with E-state index in [0.717, 1.165) is 0 Å². The quantitative estimate of drug-likeness (QED) is 0.802. The smallest absolute Gasteiger partial charge is 0.343 e. The van der Waals surface area contributed by atoms with Gasteiger partial charge in [0.25, 0.3) is 0 Å². The number of ether oxygens (including phenoxy) is 1. The summed E-state index contributed by atoms with van der Waals surface area (Å²) in [4.78, 5) is 11.9. The summed E-state index contributed by atoms with van der Waals surface area (Å²) < 4.78 is 4.66. The van der Waals surface area contributed by atoms with Crippen LogP contribution in [0.5, 0.6) is 0 Å². The number of anilines is 2. The van der Waals surface area contributed by atoms with Crippen LogP contribution < -0.4 is 11.1 Å². The number of rotatable bonds is 4. The predicted molar refractivity (Wildman–Crippen MR) is 68.1 cm³/mol. The van der Waals surface area contributed by atoms with Crippen LogP contribution in [0.1, 0.15) is 29.1 Å². The van der Waals surface area contributed by atoms with Crippen molar-refractivity contribution in [2.24, 2.45) is 5.92 Å². The first kappa shape index (κ1) is 13.3. The molecule has 0 fully saturated rings. The lowest BCUT2D eigenvalue weighted by Gasteiger charge is -2.08. The molecule has 1 aromatic rings. The van der Waals surface area contributed by atoms with Gasteiger partial charge in [0, 0.05) is 6.54 Å². The largest absolute Gasteiger partial charge is 0.465 e. The van der Waals surface area contributed by atoms with E-state index in [1.54, 1.807) is 0 Å². The first-order chi connectivity index (χ1) is 8.01. The van der Waals surface area contributed by atoms with Gasteiger partial charge in [-0.1, -0.05) is 13.8 Å². The van der Waals surface area contributed by atoms with E-state index in [-0.39, 0.29) is 11.3 Å². The second kappa shape index (κ2) is 5.55. The van der Waals surface area contributed by atoms with Gasteiger partial charge in [-0.05, 0) is 5.92 Å². The van der Waals surface area contributed by atoms with Crippen molar-refractivity contribution in [1.82, 2.24) is 0 Å². The van der Waals surface area contributed by atoms with Crippen molar-refractivity contribution < 1.29 is 9.53 Å². The fourth-order valence-corrected chi connectivity index (χ4v) is 2.17. The maximum Gasteiger partial charge on any atom is 0.343 e. The molecule has 0 saturated carbocycles. The molecule has 3 N–H and O–H groups in total. The molecule has 0 spiro atoms. The van der Waals surface area contributed by atoms with Crippen LogP contribution in [0, 0.1) is 17.2 Å². The van der Waals surface area contributed by atoms with Gasteiger partial charge in [0.1, 0.15) is 21.5 Å². The number of hydrogen-bond donors (Lipinski definition) is 2. The molecule has 0 aliphatic carbocycles. The molecular weight excluding hydrogens is 238 g/mol. The standard InChI is InChI=1S/C11H15N3O2S/c1-6(2)5-14-10-8(11(15)16-3)9(13)7(4-12)17-10/h6,14H,5,13H2,1-3H3. The van der Waals surface area contributed by atoms with E-state index < -0.39 is 5.97 Å². The van der Waals surface area contributed by atoms with Crippen molar-refractivity contribution in [3.8, 4) is 6.07 Å². The molecule has 17 heavy (non-hydrogen) atoms. The summed E-state index contributed by atoms with van der Waals surface area (Å²) in [7, 11) is 1.29. The maximum atomic E-state index is 11.6. The zero-order chi connectivity index (χ0) is 13.0. The van der Waals surface area contributed by atoms with Crippen LogP contribution in [0.4, 0.5) is 10.7 Å². The molecule has 0 bridgehead atoms. The van der Waals surface area contributed by atoms with Crippen LogP contribution in [0.25, 0.3) is 0 Å². The topological polar surface area (TPSA) is 88.1 Å². The first-order valence-corrected chi connectivity index (χ1v) is 5.97. The Bertz CT molecular complexity index is 460. The van der Waals surface area contributed by atoms with Gasteiger partial charge in [0.2, 0.25) is 0 Å². The minimum absolute atomic E-state index is 0.190. The van der Waals surface area contributed by atoms with Gasteiger partial charge in [-0.2, -0.15) is 5.26 Å². The van der Waals surface area contributed by atoms with Gasteiger partial charge in [0.05, 0.1) is 12.8 Å². The Labute approximate surface area is 104 Å². The number of carbonyl (C=O) groups is 1. The van der Waals surface area contributed by atoms with Gasteiger partial charge in [-0.3, -0.25) is 0 Å².